The van der Waals surface area contributed by atoms with Gasteiger partial charge in [0.05, 0.1) is 12.5 Å². The number of nitrogens with zero attached hydrogens (tertiary/aromatic N) is 1. The fourth-order valence-electron chi connectivity index (χ4n) is 0.924. The Bertz CT molecular complexity index is 230. The van der Waals surface area contributed by atoms with Gasteiger partial charge in [0, 0.05) is 5.41 Å². The Kier molecular flexibility index (Phi) is 1.92. The van der Waals surface area contributed by atoms with Crippen molar-refractivity contribution in [1.82, 2.24) is 0 Å². The summed E-state index contributed by atoms with van der Waals surface area (Å²) in [5.41, 5.74) is 0.164. The molecule has 0 saturated carbocycles. The average Bonchev–Trinajstić information content (AvgIpc) is 2.13. The van der Waals surface area contributed by atoms with E-state index in [2.05, 4.69) is 31.8 Å². The molecular weight excluding hydrogens is 141 g/mol. The first-order chi connectivity index (χ1) is 4.67. The molecule has 0 aromatic carbocycles. The van der Waals surface area contributed by atoms with E-state index in [0.717, 1.165) is 0 Å². The topological polar surface area (TPSA) is 23.8 Å². The summed E-state index contributed by atoms with van der Waals surface area (Å²) in [6.45, 7) is 4.30. The van der Waals surface area contributed by atoms with Crippen LogP contribution in [0.4, 0.5) is 0 Å². The molecule has 1 rings (SSSR count). The van der Waals surface area contributed by atoms with Gasteiger partial charge < -0.3 is 0 Å². The Morgan fingerprint density at radius 2 is 2.40 bits per heavy atom. The molecule has 0 aromatic rings. The molecule has 0 aromatic heterocycles. The first-order valence-electron chi connectivity index (χ1n) is 3.28. The van der Waals surface area contributed by atoms with E-state index in [1.165, 1.54) is 13.5 Å². The fraction of sp³-hybridized carbons (Fsp3) is 0.500. The summed E-state index contributed by atoms with van der Waals surface area (Å²) in [5, 5.41) is 9.77. The molecule has 0 atom stereocenters. The molecule has 1 heterocycles. The van der Waals surface area contributed by atoms with E-state index in [-0.39, 0.29) is 5.41 Å². The minimum absolute atomic E-state index is 0.164. The van der Waals surface area contributed by atoms with Crippen molar-refractivity contribution in [2.75, 3.05) is 0 Å². The van der Waals surface area contributed by atoms with Crippen LogP contribution in [-0.4, -0.2) is 5.29 Å². The smallest absolute Gasteiger partial charge is 0.0670 e. The van der Waals surface area contributed by atoms with Crippen LogP contribution in [0.5, 0.6) is 0 Å². The van der Waals surface area contributed by atoms with Crippen molar-refractivity contribution in [3.05, 3.63) is 11.9 Å². The maximum atomic E-state index is 8.46. The molecule has 1 aliphatic heterocycles. The van der Waals surface area contributed by atoms with Crippen LogP contribution in [0, 0.1) is 16.7 Å². The van der Waals surface area contributed by atoms with E-state index in [0.29, 0.717) is 6.42 Å². The molecule has 52 valence electrons. The Morgan fingerprint density at radius 3 is 2.80 bits per heavy atom. The lowest BCUT2D eigenvalue weighted by Crippen LogP contribution is -2.16. The summed E-state index contributed by atoms with van der Waals surface area (Å²) >= 11 is 0. The maximum Gasteiger partial charge on any atom is 0.0670 e. The molecule has 0 bridgehead atoms. The van der Waals surface area contributed by atoms with Crippen LogP contribution in [0.25, 0.3) is 0 Å². The Morgan fingerprint density at radius 1 is 1.70 bits per heavy atom. The van der Waals surface area contributed by atoms with Crippen LogP contribution >= 0.6 is 8.20 Å². The molecule has 0 spiro atoms. The van der Waals surface area contributed by atoms with Gasteiger partial charge in [-0.25, -0.2) is 0 Å². The largest absolute Gasteiger partial charge is 0.198 e. The van der Waals surface area contributed by atoms with E-state index < -0.39 is 0 Å². The molecular formula is C8H10NP. The lowest BCUT2D eigenvalue weighted by atomic mass is 9.88. The minimum atomic E-state index is 0.164. The fourth-order valence-corrected chi connectivity index (χ4v) is 2.12. The van der Waals surface area contributed by atoms with E-state index in [1.54, 1.807) is 0 Å². The third kappa shape index (κ3) is 1.28. The maximum absolute atomic E-state index is 8.46. The molecule has 1 nitrogen and oxygen atoms in total. The summed E-state index contributed by atoms with van der Waals surface area (Å²) in [4.78, 5) is 0. The van der Waals surface area contributed by atoms with Gasteiger partial charge in [0.2, 0.25) is 0 Å². The standard InChI is InChI=1S/C8H10NP/c1-8(2)4-6-10-7(8)3-5-9/h4,6H,3H2,1-2H3. The number of nitriles is 1. The summed E-state index contributed by atoms with van der Waals surface area (Å²) in [6.07, 6.45) is 2.77. The van der Waals surface area contributed by atoms with E-state index in [9.17, 15) is 0 Å². The van der Waals surface area contributed by atoms with Crippen molar-refractivity contribution in [3.8, 4) is 6.07 Å². The molecule has 0 radical (unpaired) electrons. The predicted octanol–water partition coefficient (Wildman–Crippen LogP) is 2.57. The van der Waals surface area contributed by atoms with Crippen LogP contribution in [0.2, 0.25) is 0 Å². The number of hydrogen-bond acceptors (Lipinski definition) is 1. The molecule has 10 heavy (non-hydrogen) atoms. The van der Waals surface area contributed by atoms with Crippen LogP contribution < -0.4 is 0 Å². The zero-order valence-electron chi connectivity index (χ0n) is 6.26. The van der Waals surface area contributed by atoms with Gasteiger partial charge in [-0.3, -0.25) is 0 Å². The zero-order valence-corrected chi connectivity index (χ0v) is 7.15. The van der Waals surface area contributed by atoms with Crippen LogP contribution in [0.15, 0.2) is 11.9 Å². The first-order valence-corrected chi connectivity index (χ1v) is 4.25. The van der Waals surface area contributed by atoms with Gasteiger partial charge in [-0.15, -0.1) is 0 Å². The third-order valence-corrected chi connectivity index (χ3v) is 3.06. The molecule has 0 fully saturated rings. The van der Waals surface area contributed by atoms with Crippen molar-refractivity contribution in [3.63, 3.8) is 0 Å². The third-order valence-electron chi connectivity index (χ3n) is 1.71. The molecule has 0 amide bonds. The van der Waals surface area contributed by atoms with Gasteiger partial charge in [-0.1, -0.05) is 28.1 Å². The number of hydrogen-bond donors (Lipinski definition) is 0. The van der Waals surface area contributed by atoms with Gasteiger partial charge >= 0.3 is 0 Å². The van der Waals surface area contributed by atoms with Gasteiger partial charge in [0.1, 0.15) is 0 Å². The van der Waals surface area contributed by atoms with Crippen molar-refractivity contribution in [1.29, 1.82) is 5.26 Å². The summed E-state index contributed by atoms with van der Waals surface area (Å²) in [5.74, 6) is 2.12. The highest BCUT2D eigenvalue weighted by molar-refractivity contribution is 7.44. The van der Waals surface area contributed by atoms with Crippen molar-refractivity contribution < 1.29 is 0 Å². The zero-order chi connectivity index (χ0) is 7.61. The van der Waals surface area contributed by atoms with Crippen molar-refractivity contribution >= 4 is 13.5 Å². The van der Waals surface area contributed by atoms with Gasteiger partial charge in [0.25, 0.3) is 0 Å². The Labute approximate surface area is 63.2 Å². The SMILES string of the molecule is CC1(C)C=CP=C1CC#N. The average molecular weight is 151 g/mol. The van der Waals surface area contributed by atoms with Crippen LogP contribution in [0.3, 0.4) is 0 Å². The van der Waals surface area contributed by atoms with E-state index >= 15 is 0 Å². The lowest BCUT2D eigenvalue weighted by molar-refractivity contribution is 0.683. The normalized spacial score (nSPS) is 21.9. The first kappa shape index (κ1) is 7.51. The van der Waals surface area contributed by atoms with Gasteiger partial charge in [-0.05, 0) is 11.1 Å². The molecule has 0 unspecified atom stereocenters. The quantitative estimate of drug-likeness (QED) is 0.528. The number of rotatable bonds is 1. The molecule has 1 aliphatic rings. The highest BCUT2D eigenvalue weighted by atomic mass is 31.1. The van der Waals surface area contributed by atoms with Crippen LogP contribution in [0.1, 0.15) is 20.3 Å². The molecule has 2 heteroatoms. The Hall–Kier alpha value is -0.600. The molecule has 0 aliphatic carbocycles. The molecule has 0 saturated heterocycles. The van der Waals surface area contributed by atoms with Gasteiger partial charge in [-0.2, -0.15) is 5.26 Å². The number of allylic oxidation sites excluding steroid dienone is 1. The summed E-state index contributed by atoms with van der Waals surface area (Å²) in [6, 6.07) is 2.18. The minimum Gasteiger partial charge on any atom is -0.198 e. The van der Waals surface area contributed by atoms with Crippen LogP contribution in [-0.2, 0) is 0 Å². The van der Waals surface area contributed by atoms with Gasteiger partial charge in [0.15, 0.2) is 0 Å². The highest BCUT2D eigenvalue weighted by Gasteiger charge is 2.22. The summed E-state index contributed by atoms with van der Waals surface area (Å²) < 4.78 is 0. The Balaban J connectivity index is 2.75. The van der Waals surface area contributed by atoms with Crippen molar-refractivity contribution in [2.45, 2.75) is 20.3 Å². The highest BCUT2D eigenvalue weighted by Crippen LogP contribution is 2.33. The van der Waals surface area contributed by atoms with Crippen molar-refractivity contribution in [2.24, 2.45) is 5.41 Å². The second-order valence-electron chi connectivity index (χ2n) is 2.95. The summed E-state index contributed by atoms with van der Waals surface area (Å²) in [7, 11) is 1.23. The second kappa shape index (κ2) is 2.56. The lowest BCUT2D eigenvalue weighted by Gasteiger charge is -2.17. The van der Waals surface area contributed by atoms with E-state index in [1.807, 2.05) is 0 Å². The van der Waals surface area contributed by atoms with E-state index in [4.69, 9.17) is 5.26 Å². The monoisotopic (exact) mass is 151 g/mol. The molecule has 0 N–H and O–H groups in total. The predicted molar refractivity (Wildman–Crippen MR) is 45.1 cm³/mol. The second-order valence-corrected chi connectivity index (χ2v) is 4.04.